The van der Waals surface area contributed by atoms with Gasteiger partial charge in [0, 0.05) is 10.6 Å². The monoisotopic (exact) mass is 186 g/mol. The lowest BCUT2D eigenvalue weighted by atomic mass is 10.0. The summed E-state index contributed by atoms with van der Waals surface area (Å²) in [5, 5.41) is 8.62. The molecular weight excluding hydrogens is 180 g/mol. The topological polar surface area (TPSA) is 54.4 Å². The molecule has 4 heteroatoms. The lowest BCUT2D eigenvalue weighted by Crippen LogP contribution is -2.16. The van der Waals surface area contributed by atoms with E-state index in [1.165, 1.54) is 0 Å². The number of hydrogen-bond donors (Lipinski definition) is 1. The van der Waals surface area contributed by atoms with Gasteiger partial charge in [-0.3, -0.25) is 4.79 Å². The molecule has 1 aliphatic rings. The maximum Gasteiger partial charge on any atom is 0.377 e. The molecule has 0 radical (unpaired) electrons. The van der Waals surface area contributed by atoms with Gasteiger partial charge in [-0.25, -0.2) is 4.79 Å². The number of carboxylic acid groups (broad SMARTS) is 1. The van der Waals surface area contributed by atoms with Gasteiger partial charge in [-0.1, -0.05) is 23.8 Å². The van der Waals surface area contributed by atoms with Crippen LogP contribution < -0.4 is 0 Å². The average Bonchev–Trinajstić information content (AvgIpc) is 2.04. The Kier molecular flexibility index (Phi) is 2.65. The first-order valence-electron chi connectivity index (χ1n) is 3.46. The van der Waals surface area contributed by atoms with Gasteiger partial charge >= 0.3 is 5.97 Å². The van der Waals surface area contributed by atoms with Gasteiger partial charge in [0.1, 0.15) is 0 Å². The van der Waals surface area contributed by atoms with Crippen molar-refractivity contribution in [2.75, 3.05) is 0 Å². The number of halogens is 1. The Morgan fingerprint density at radius 3 is 2.42 bits per heavy atom. The van der Waals surface area contributed by atoms with Crippen LogP contribution in [-0.4, -0.2) is 16.9 Å². The summed E-state index contributed by atoms with van der Waals surface area (Å²) in [4.78, 5) is 21.2. The van der Waals surface area contributed by atoms with E-state index in [9.17, 15) is 9.59 Å². The van der Waals surface area contributed by atoms with Gasteiger partial charge in [0.05, 0.1) is 0 Å². The zero-order valence-corrected chi connectivity index (χ0v) is 6.97. The first kappa shape index (κ1) is 9.00. The Bertz CT molecular complexity index is 289. The first-order chi connectivity index (χ1) is 5.63. The van der Waals surface area contributed by atoms with E-state index in [1.807, 2.05) is 0 Å². The van der Waals surface area contributed by atoms with Gasteiger partial charge in [0.15, 0.2) is 0 Å². The Morgan fingerprint density at radius 1 is 1.33 bits per heavy atom. The molecule has 1 aliphatic carbocycles. The van der Waals surface area contributed by atoms with Crippen molar-refractivity contribution in [2.45, 2.75) is 12.8 Å². The minimum atomic E-state index is -1.46. The molecular formula is C8H7ClO3. The number of allylic oxidation sites excluding steroid dienone is 3. The van der Waals surface area contributed by atoms with Crippen molar-refractivity contribution in [3.05, 3.63) is 22.8 Å². The van der Waals surface area contributed by atoms with Crippen LogP contribution in [0.5, 0.6) is 0 Å². The Morgan fingerprint density at radius 2 is 1.92 bits per heavy atom. The molecule has 0 aromatic carbocycles. The third kappa shape index (κ3) is 1.74. The molecule has 0 bridgehead atoms. The predicted molar refractivity (Wildman–Crippen MR) is 43.9 cm³/mol. The van der Waals surface area contributed by atoms with E-state index >= 15 is 0 Å². The number of Topliss-reactive ketones (excluding diaryl/α,β-unsaturated/α-hetero) is 1. The van der Waals surface area contributed by atoms with Crippen molar-refractivity contribution in [1.29, 1.82) is 0 Å². The van der Waals surface area contributed by atoms with Crippen LogP contribution in [0.1, 0.15) is 12.8 Å². The quantitative estimate of drug-likeness (QED) is 0.665. The molecule has 0 amide bonds. The average molecular weight is 187 g/mol. The standard InChI is InChI=1S/C8H7ClO3/c9-6-4-2-1-3-5(6)7(10)8(11)12/h3-4H,1-2H2,(H,11,12). The maximum absolute atomic E-state index is 10.9. The van der Waals surface area contributed by atoms with Gasteiger partial charge in [-0.2, -0.15) is 0 Å². The highest BCUT2D eigenvalue weighted by Gasteiger charge is 2.21. The molecule has 0 heterocycles. The second-order valence-corrected chi connectivity index (χ2v) is 2.79. The third-order valence-electron chi connectivity index (χ3n) is 1.53. The van der Waals surface area contributed by atoms with Crippen LogP contribution in [0.2, 0.25) is 0 Å². The number of carboxylic acids is 1. The minimum absolute atomic E-state index is 0.107. The summed E-state index contributed by atoms with van der Waals surface area (Å²) in [6.07, 6.45) is 4.64. The fourth-order valence-electron chi connectivity index (χ4n) is 0.962. The summed E-state index contributed by atoms with van der Waals surface area (Å²) in [6, 6.07) is 0. The summed E-state index contributed by atoms with van der Waals surface area (Å²) in [5.41, 5.74) is 0.107. The van der Waals surface area contributed by atoms with Crippen molar-refractivity contribution in [3.8, 4) is 0 Å². The molecule has 1 rings (SSSR count). The van der Waals surface area contributed by atoms with E-state index in [0.29, 0.717) is 6.42 Å². The third-order valence-corrected chi connectivity index (χ3v) is 1.89. The number of carbonyl (C=O) groups is 2. The molecule has 0 aliphatic heterocycles. The number of carbonyl (C=O) groups excluding carboxylic acids is 1. The fourth-order valence-corrected chi connectivity index (χ4v) is 1.23. The second-order valence-electron chi connectivity index (χ2n) is 2.38. The van der Waals surface area contributed by atoms with E-state index < -0.39 is 11.8 Å². The van der Waals surface area contributed by atoms with Gasteiger partial charge in [0.25, 0.3) is 5.78 Å². The fraction of sp³-hybridized carbons (Fsp3) is 0.250. The van der Waals surface area contributed by atoms with E-state index in [2.05, 4.69) is 0 Å². The normalized spacial score (nSPS) is 16.4. The van der Waals surface area contributed by atoms with Crippen molar-refractivity contribution >= 4 is 23.4 Å². The van der Waals surface area contributed by atoms with Crippen LogP contribution in [0.25, 0.3) is 0 Å². The van der Waals surface area contributed by atoms with Crippen LogP contribution in [0.3, 0.4) is 0 Å². The number of ketones is 1. The molecule has 0 atom stereocenters. The number of aliphatic carboxylic acids is 1. The number of hydrogen-bond acceptors (Lipinski definition) is 2. The molecule has 0 unspecified atom stereocenters. The van der Waals surface area contributed by atoms with Crippen molar-refractivity contribution < 1.29 is 14.7 Å². The zero-order chi connectivity index (χ0) is 9.14. The summed E-state index contributed by atoms with van der Waals surface area (Å²) < 4.78 is 0. The number of rotatable bonds is 2. The molecule has 0 fully saturated rings. The van der Waals surface area contributed by atoms with E-state index in [-0.39, 0.29) is 10.6 Å². The van der Waals surface area contributed by atoms with Gasteiger partial charge in [-0.15, -0.1) is 0 Å². The largest absolute Gasteiger partial charge is 0.475 e. The molecule has 0 aromatic rings. The van der Waals surface area contributed by atoms with Gasteiger partial charge in [-0.05, 0) is 12.8 Å². The zero-order valence-electron chi connectivity index (χ0n) is 6.21. The van der Waals surface area contributed by atoms with Crippen molar-refractivity contribution in [2.24, 2.45) is 0 Å². The van der Waals surface area contributed by atoms with E-state index in [4.69, 9.17) is 16.7 Å². The van der Waals surface area contributed by atoms with Gasteiger partial charge in [0.2, 0.25) is 0 Å². The second kappa shape index (κ2) is 3.54. The highest BCUT2D eigenvalue weighted by atomic mass is 35.5. The van der Waals surface area contributed by atoms with Crippen molar-refractivity contribution in [1.82, 2.24) is 0 Å². The lowest BCUT2D eigenvalue weighted by molar-refractivity contribution is -0.147. The molecule has 12 heavy (non-hydrogen) atoms. The predicted octanol–water partition coefficient (Wildman–Crippen LogP) is 1.48. The Balaban J connectivity index is 2.88. The molecule has 0 saturated carbocycles. The van der Waals surface area contributed by atoms with Crippen LogP contribution in [0.4, 0.5) is 0 Å². The van der Waals surface area contributed by atoms with E-state index in [1.54, 1.807) is 12.2 Å². The van der Waals surface area contributed by atoms with Gasteiger partial charge < -0.3 is 5.11 Å². The van der Waals surface area contributed by atoms with E-state index in [0.717, 1.165) is 6.42 Å². The highest BCUT2D eigenvalue weighted by molar-refractivity contribution is 6.46. The summed E-state index contributed by atoms with van der Waals surface area (Å²) >= 11 is 5.63. The molecule has 0 spiro atoms. The summed E-state index contributed by atoms with van der Waals surface area (Å²) in [5.74, 6) is -2.40. The molecule has 64 valence electrons. The van der Waals surface area contributed by atoms with Crippen LogP contribution in [-0.2, 0) is 9.59 Å². The lowest BCUT2D eigenvalue weighted by Gasteiger charge is -2.06. The smallest absolute Gasteiger partial charge is 0.377 e. The summed E-state index contributed by atoms with van der Waals surface area (Å²) in [6.45, 7) is 0. The molecule has 1 N–H and O–H groups in total. The molecule has 0 saturated heterocycles. The molecule has 3 nitrogen and oxygen atoms in total. The molecule has 0 aromatic heterocycles. The first-order valence-corrected chi connectivity index (χ1v) is 3.84. The van der Waals surface area contributed by atoms with Crippen LogP contribution in [0.15, 0.2) is 22.8 Å². The highest BCUT2D eigenvalue weighted by Crippen LogP contribution is 2.22. The minimum Gasteiger partial charge on any atom is -0.475 e. The van der Waals surface area contributed by atoms with Crippen molar-refractivity contribution in [3.63, 3.8) is 0 Å². The Labute approximate surface area is 74.3 Å². The maximum atomic E-state index is 10.9. The van der Waals surface area contributed by atoms with Crippen LogP contribution >= 0.6 is 11.6 Å². The SMILES string of the molecule is O=C(O)C(=O)C1=CCCC=C1Cl. The summed E-state index contributed by atoms with van der Waals surface area (Å²) in [7, 11) is 0. The Hall–Kier alpha value is -1.09. The van der Waals surface area contributed by atoms with Crippen LogP contribution in [0, 0.1) is 0 Å².